The number of nitrogens with zero attached hydrogens (tertiary/aromatic N) is 3. The highest BCUT2D eigenvalue weighted by Gasteiger charge is 2.20. The number of hydrogen-bond acceptors (Lipinski definition) is 4. The van der Waals surface area contributed by atoms with Gasteiger partial charge in [-0.15, -0.1) is 11.3 Å². The highest BCUT2D eigenvalue weighted by Crippen LogP contribution is 2.23. The fraction of sp³-hybridized carbons (Fsp3) is 0.692. The maximum atomic E-state index is 9.03. The van der Waals surface area contributed by atoms with Crippen LogP contribution in [0.3, 0.4) is 0 Å². The minimum absolute atomic E-state index is 0.656. The summed E-state index contributed by atoms with van der Waals surface area (Å²) in [6, 6.07) is 2.91. The topological polar surface area (TPSA) is 39.9 Å². The molecule has 0 amide bonds. The predicted molar refractivity (Wildman–Crippen MR) is 69.9 cm³/mol. The summed E-state index contributed by atoms with van der Waals surface area (Å²) in [7, 11) is 0. The summed E-state index contributed by atoms with van der Waals surface area (Å²) in [5.41, 5.74) is 0.970. The normalized spacial score (nSPS) is 21.4. The highest BCUT2D eigenvalue weighted by molar-refractivity contribution is 7.12. The molecule has 1 unspecified atom stereocenters. The molecule has 0 aliphatic carbocycles. The van der Waals surface area contributed by atoms with Crippen molar-refractivity contribution in [2.45, 2.75) is 52.1 Å². The summed E-state index contributed by atoms with van der Waals surface area (Å²) in [4.78, 5) is 7.87. The van der Waals surface area contributed by atoms with Crippen LogP contribution in [0, 0.1) is 11.3 Å². The van der Waals surface area contributed by atoms with E-state index in [1.807, 2.05) is 0 Å². The molecule has 4 heteroatoms. The van der Waals surface area contributed by atoms with Gasteiger partial charge in [0, 0.05) is 6.04 Å². The van der Waals surface area contributed by atoms with E-state index in [0.717, 1.165) is 28.5 Å². The molecule has 92 valence electrons. The maximum absolute atomic E-state index is 9.03. The van der Waals surface area contributed by atoms with E-state index >= 15 is 0 Å². The van der Waals surface area contributed by atoms with Gasteiger partial charge in [-0.25, -0.2) is 4.98 Å². The van der Waals surface area contributed by atoms with Gasteiger partial charge in [-0.2, -0.15) is 5.26 Å². The molecule has 0 aromatic carbocycles. The fourth-order valence-electron chi connectivity index (χ4n) is 2.36. The van der Waals surface area contributed by atoms with E-state index in [2.05, 4.69) is 29.8 Å². The standard InChI is InChI=1S/C13H19N3S/c1-3-11-12(8-14)17-13(15-11)9-16-7-5-4-6-10(16)2/h10H,3-7,9H2,1-2H3. The van der Waals surface area contributed by atoms with Crippen LogP contribution in [0.5, 0.6) is 0 Å². The molecule has 0 radical (unpaired) electrons. The monoisotopic (exact) mass is 249 g/mol. The first kappa shape index (κ1) is 12.5. The van der Waals surface area contributed by atoms with Crippen molar-refractivity contribution in [1.29, 1.82) is 5.26 Å². The van der Waals surface area contributed by atoms with Gasteiger partial charge in [-0.05, 0) is 32.7 Å². The number of nitriles is 1. The van der Waals surface area contributed by atoms with Gasteiger partial charge in [0.1, 0.15) is 16.0 Å². The molecule has 1 atom stereocenters. The summed E-state index contributed by atoms with van der Waals surface area (Å²) in [6.07, 6.45) is 4.78. The van der Waals surface area contributed by atoms with E-state index in [1.165, 1.54) is 25.8 Å². The summed E-state index contributed by atoms with van der Waals surface area (Å²) in [6.45, 7) is 6.44. The molecule has 3 nitrogen and oxygen atoms in total. The molecule has 1 aromatic rings. The van der Waals surface area contributed by atoms with Crippen molar-refractivity contribution in [1.82, 2.24) is 9.88 Å². The Morgan fingerprint density at radius 3 is 2.94 bits per heavy atom. The van der Waals surface area contributed by atoms with Gasteiger partial charge in [-0.1, -0.05) is 13.3 Å². The van der Waals surface area contributed by atoms with E-state index in [1.54, 1.807) is 11.3 Å². The van der Waals surface area contributed by atoms with E-state index in [4.69, 9.17) is 5.26 Å². The second kappa shape index (κ2) is 5.61. The van der Waals surface area contributed by atoms with Gasteiger partial charge in [0.2, 0.25) is 0 Å². The van der Waals surface area contributed by atoms with Crippen LogP contribution >= 0.6 is 11.3 Å². The molecule has 0 saturated carbocycles. The van der Waals surface area contributed by atoms with Crippen LogP contribution in [0.2, 0.25) is 0 Å². The number of thiazole rings is 1. The Labute approximate surface area is 107 Å². The molecule has 1 saturated heterocycles. The summed E-state index contributed by atoms with van der Waals surface area (Å²) in [5.74, 6) is 0. The van der Waals surface area contributed by atoms with Crippen LogP contribution in [0.25, 0.3) is 0 Å². The van der Waals surface area contributed by atoms with E-state index in [9.17, 15) is 0 Å². The lowest BCUT2D eigenvalue weighted by Crippen LogP contribution is -2.36. The third-order valence-corrected chi connectivity index (χ3v) is 4.44. The summed E-state index contributed by atoms with van der Waals surface area (Å²) >= 11 is 1.57. The van der Waals surface area contributed by atoms with Crippen LogP contribution in [-0.4, -0.2) is 22.5 Å². The van der Waals surface area contributed by atoms with E-state index < -0.39 is 0 Å². The third kappa shape index (κ3) is 2.85. The van der Waals surface area contributed by atoms with Crippen LogP contribution < -0.4 is 0 Å². The smallest absolute Gasteiger partial charge is 0.128 e. The summed E-state index contributed by atoms with van der Waals surface area (Å²) in [5, 5.41) is 10.1. The van der Waals surface area contributed by atoms with Crippen molar-refractivity contribution in [2.24, 2.45) is 0 Å². The lowest BCUT2D eigenvalue weighted by molar-refractivity contribution is 0.152. The maximum Gasteiger partial charge on any atom is 0.128 e. The van der Waals surface area contributed by atoms with E-state index in [-0.39, 0.29) is 0 Å². The van der Waals surface area contributed by atoms with Crippen LogP contribution in [0.4, 0.5) is 0 Å². The predicted octanol–water partition coefficient (Wildman–Crippen LogP) is 2.95. The van der Waals surface area contributed by atoms with Gasteiger partial charge >= 0.3 is 0 Å². The molecule has 17 heavy (non-hydrogen) atoms. The Morgan fingerprint density at radius 2 is 2.35 bits per heavy atom. The van der Waals surface area contributed by atoms with Crippen molar-refractivity contribution in [3.8, 4) is 6.07 Å². The quantitative estimate of drug-likeness (QED) is 0.827. The number of hydrogen-bond donors (Lipinski definition) is 0. The Morgan fingerprint density at radius 1 is 1.53 bits per heavy atom. The average Bonchev–Trinajstić information content (AvgIpc) is 2.74. The van der Waals surface area contributed by atoms with Gasteiger partial charge < -0.3 is 0 Å². The zero-order valence-corrected chi connectivity index (χ0v) is 11.4. The van der Waals surface area contributed by atoms with E-state index in [0.29, 0.717) is 6.04 Å². The minimum atomic E-state index is 0.656. The molecular weight excluding hydrogens is 230 g/mol. The number of likely N-dealkylation sites (tertiary alicyclic amines) is 1. The first-order chi connectivity index (χ1) is 8.24. The van der Waals surface area contributed by atoms with Gasteiger partial charge in [-0.3, -0.25) is 4.90 Å². The third-order valence-electron chi connectivity index (χ3n) is 3.46. The van der Waals surface area contributed by atoms with Crippen molar-refractivity contribution in [3.05, 3.63) is 15.6 Å². The number of piperidine rings is 1. The molecular formula is C13H19N3S. The Hall–Kier alpha value is -0.920. The molecule has 0 spiro atoms. The largest absolute Gasteiger partial charge is 0.294 e. The van der Waals surface area contributed by atoms with Gasteiger partial charge in [0.25, 0.3) is 0 Å². The second-order valence-corrected chi connectivity index (χ2v) is 5.75. The molecule has 2 heterocycles. The van der Waals surface area contributed by atoms with Crippen molar-refractivity contribution in [2.75, 3.05) is 6.54 Å². The van der Waals surface area contributed by atoms with Crippen LogP contribution in [0.15, 0.2) is 0 Å². The second-order valence-electron chi connectivity index (χ2n) is 4.66. The first-order valence-electron chi connectivity index (χ1n) is 6.37. The van der Waals surface area contributed by atoms with Crippen molar-refractivity contribution in [3.63, 3.8) is 0 Å². The highest BCUT2D eigenvalue weighted by atomic mass is 32.1. The molecule has 1 fully saturated rings. The molecule has 1 aliphatic rings. The van der Waals surface area contributed by atoms with Gasteiger partial charge in [0.15, 0.2) is 0 Å². The number of rotatable bonds is 3. The number of aryl methyl sites for hydroxylation is 1. The zero-order chi connectivity index (χ0) is 12.3. The van der Waals surface area contributed by atoms with Crippen LogP contribution in [0.1, 0.15) is 48.7 Å². The lowest BCUT2D eigenvalue weighted by Gasteiger charge is -2.32. The average molecular weight is 249 g/mol. The number of aromatic nitrogens is 1. The molecule has 1 aromatic heterocycles. The first-order valence-corrected chi connectivity index (χ1v) is 7.19. The van der Waals surface area contributed by atoms with Crippen molar-refractivity contribution < 1.29 is 0 Å². The molecule has 0 N–H and O–H groups in total. The SMILES string of the molecule is CCc1nc(CN2CCCCC2C)sc1C#N. The molecule has 0 bridgehead atoms. The zero-order valence-electron chi connectivity index (χ0n) is 10.6. The van der Waals surface area contributed by atoms with Crippen LogP contribution in [-0.2, 0) is 13.0 Å². The fourth-order valence-corrected chi connectivity index (χ4v) is 3.34. The molecule has 2 rings (SSSR count). The Kier molecular flexibility index (Phi) is 4.14. The minimum Gasteiger partial charge on any atom is -0.294 e. The molecule has 1 aliphatic heterocycles. The Bertz CT molecular complexity index is 419. The lowest BCUT2D eigenvalue weighted by atomic mass is 10.0. The van der Waals surface area contributed by atoms with Crippen molar-refractivity contribution >= 4 is 11.3 Å². The van der Waals surface area contributed by atoms with Gasteiger partial charge in [0.05, 0.1) is 12.2 Å². The summed E-state index contributed by atoms with van der Waals surface area (Å²) < 4.78 is 0. The Balaban J connectivity index is 2.08.